The van der Waals surface area contributed by atoms with Crippen LogP contribution in [-0.2, 0) is 61.4 Å². The van der Waals surface area contributed by atoms with Crippen molar-refractivity contribution in [2.75, 3.05) is 48.1 Å². The topological polar surface area (TPSA) is 174 Å². The lowest BCUT2D eigenvalue weighted by atomic mass is 9.81. The van der Waals surface area contributed by atoms with Crippen LogP contribution in [0.1, 0.15) is 148 Å². The summed E-state index contributed by atoms with van der Waals surface area (Å²) in [6.45, 7) is 27.4. The summed E-state index contributed by atoms with van der Waals surface area (Å²) >= 11 is 0. The average molecular weight is 1520 g/mol. The molecule has 588 valence electrons. The van der Waals surface area contributed by atoms with Gasteiger partial charge >= 0.3 is 6.09 Å². The Morgan fingerprint density at radius 1 is 0.389 bits per heavy atom. The number of fused-ring (bicyclic) bond motifs is 27. The Balaban J connectivity index is 0.000000114. The van der Waals surface area contributed by atoms with Gasteiger partial charge in [-0.3, -0.25) is 19.5 Å². The van der Waals surface area contributed by atoms with E-state index in [1.54, 1.807) is 33.3 Å². The molecule has 7 atom stereocenters. The van der Waals surface area contributed by atoms with Crippen LogP contribution in [0.5, 0.6) is 23.0 Å². The molecule has 0 saturated carbocycles. The van der Waals surface area contributed by atoms with Crippen LogP contribution in [0.4, 0.5) is 4.79 Å². The van der Waals surface area contributed by atoms with Gasteiger partial charge < -0.3 is 49.0 Å². The number of nitrogens with zero attached hydrogens (tertiary/aromatic N) is 4. The predicted octanol–water partition coefficient (Wildman–Crippen LogP) is 18.3. The summed E-state index contributed by atoms with van der Waals surface area (Å²) in [5, 5.41) is 62.1. The van der Waals surface area contributed by atoms with Crippen molar-refractivity contribution in [3.05, 3.63) is 210 Å². The van der Waals surface area contributed by atoms with E-state index in [9.17, 15) is 30.0 Å². The second-order valence-corrected chi connectivity index (χ2v) is 34.4. The lowest BCUT2D eigenvalue weighted by Crippen LogP contribution is -2.54. The molecule has 0 aliphatic carbocycles. The number of amides is 2. The van der Waals surface area contributed by atoms with Crippen LogP contribution in [0.2, 0.25) is 0 Å². The van der Waals surface area contributed by atoms with Crippen LogP contribution in [0.15, 0.2) is 121 Å². The van der Waals surface area contributed by atoms with Crippen molar-refractivity contribution in [2.24, 2.45) is 0 Å². The molecular weight excluding hydrogens is 1410 g/mol. The van der Waals surface area contributed by atoms with E-state index >= 15 is 0 Å². The molecule has 0 aromatic heterocycles. The van der Waals surface area contributed by atoms with Gasteiger partial charge in [-0.25, -0.2) is 4.79 Å². The molecule has 12 aromatic rings. The fourth-order valence-electron chi connectivity index (χ4n) is 20.2. The third-order valence-corrected chi connectivity index (χ3v) is 25.9. The fourth-order valence-corrected chi connectivity index (χ4v) is 20.2. The Labute approximate surface area is 663 Å². The van der Waals surface area contributed by atoms with Crippen molar-refractivity contribution in [3.8, 4) is 23.0 Å². The third kappa shape index (κ3) is 14.1. The Morgan fingerprint density at radius 2 is 0.708 bits per heavy atom. The molecule has 3 fully saturated rings. The number of benzene rings is 12. The van der Waals surface area contributed by atoms with Gasteiger partial charge in [0.15, 0.2) is 0 Å². The van der Waals surface area contributed by atoms with E-state index in [2.05, 4.69) is 187 Å². The summed E-state index contributed by atoms with van der Waals surface area (Å²) < 4.78 is 28.2. The van der Waals surface area contributed by atoms with E-state index in [1.807, 2.05) is 25.7 Å². The third-order valence-electron chi connectivity index (χ3n) is 25.9. The largest absolute Gasteiger partial charge is 0.496 e. The number of rotatable bonds is 5. The van der Waals surface area contributed by atoms with Gasteiger partial charge in [-0.15, -0.1) is 0 Å². The van der Waals surface area contributed by atoms with Crippen molar-refractivity contribution in [1.82, 2.24) is 19.6 Å². The average Bonchev–Trinajstić information content (AvgIpc) is 0.739. The number of aliphatic hydroxyl groups is 4. The first-order valence-corrected chi connectivity index (χ1v) is 40.8. The van der Waals surface area contributed by atoms with Crippen molar-refractivity contribution in [3.63, 3.8) is 0 Å². The first kappa shape index (κ1) is 77.4. The normalized spacial score (nSPS) is 20.7. The minimum atomic E-state index is -0.592. The second kappa shape index (κ2) is 30.6. The number of methoxy groups -OCH3 is 4. The van der Waals surface area contributed by atoms with Gasteiger partial charge in [-0.05, 0) is 349 Å². The molecule has 12 aromatic carbocycles. The molecule has 15 heteroatoms. The quantitative estimate of drug-likeness (QED) is 0.120. The summed E-state index contributed by atoms with van der Waals surface area (Å²) in [7, 11) is 6.89. The van der Waals surface area contributed by atoms with E-state index in [1.165, 1.54) is 148 Å². The maximum absolute atomic E-state index is 13.0. The van der Waals surface area contributed by atoms with Crippen LogP contribution in [0.25, 0.3) is 86.2 Å². The number of piperidine rings is 3. The monoisotopic (exact) mass is 1520 g/mol. The summed E-state index contributed by atoms with van der Waals surface area (Å²) in [5.41, 5.74) is 19.4. The molecule has 0 bridgehead atoms. The van der Waals surface area contributed by atoms with E-state index < -0.39 is 11.7 Å². The molecule has 7 heterocycles. The van der Waals surface area contributed by atoms with Crippen LogP contribution in [0, 0.1) is 55.4 Å². The first-order valence-electron chi connectivity index (χ1n) is 40.8. The molecule has 1 unspecified atom stereocenters. The van der Waals surface area contributed by atoms with Crippen LogP contribution < -0.4 is 18.9 Å². The highest BCUT2D eigenvalue weighted by Crippen LogP contribution is 2.48. The van der Waals surface area contributed by atoms with Gasteiger partial charge in [0.2, 0.25) is 5.91 Å². The number of carbonyl (C=O) groups excluding carboxylic acids is 2. The number of aliphatic hydroxyl groups excluding tert-OH is 4. The lowest BCUT2D eigenvalue weighted by molar-refractivity contribution is -0.143. The van der Waals surface area contributed by atoms with Gasteiger partial charge in [-0.2, -0.15) is 0 Å². The standard InChI is InChI=1S/C26H31NO4.C24H25NO3.2C24H27NO2/c1-15-7-8-18-19(9-15)20-10-16(2)24(30-6)12-22(20)21-11-17(14-28)27(13-23(18)21)25(29)31-26(3,4)5;1-13-4-5-15-16(8-13)17-9-14(2)23(28-3)11-19(17)18-10-21-22(26)6-7-24(27)25(21)12-20(15)18;2*1-14-6-7-16-17(9-14)18-10-15(2)24(27-3)12-20(18)19-11-22-23(26)5-4-8-25(22)13-21(16)19/h7-10,12,17,28H,11,13-14H2,1-6H3;4-5,8-9,11,21-22,26H,6-7,10,12H2,1-3H3;2*6-7,9-10,12,22-23,26H,4-5,8,11,13H2,1-3H3/t17-;21-,22?;22-,23+;22-,23-/m0000/s1. The molecule has 19 rings (SSSR count). The second-order valence-electron chi connectivity index (χ2n) is 34.4. The number of hydrogen-bond donors (Lipinski definition) is 4. The van der Waals surface area contributed by atoms with Gasteiger partial charge in [0.05, 0.1) is 72.0 Å². The minimum absolute atomic E-state index is 0.116. The molecule has 15 nitrogen and oxygen atoms in total. The van der Waals surface area contributed by atoms with E-state index in [0.29, 0.717) is 38.8 Å². The Bertz CT molecular complexity index is 5670. The zero-order valence-electron chi connectivity index (χ0n) is 68.5. The number of hydrogen-bond acceptors (Lipinski definition) is 13. The van der Waals surface area contributed by atoms with Crippen LogP contribution in [0.3, 0.4) is 0 Å². The summed E-state index contributed by atoms with van der Waals surface area (Å²) in [4.78, 5) is 34.1. The van der Waals surface area contributed by atoms with Crippen molar-refractivity contribution in [2.45, 2.75) is 215 Å². The first-order chi connectivity index (χ1) is 54.2. The maximum Gasteiger partial charge on any atom is 0.410 e. The molecule has 7 aliphatic heterocycles. The Morgan fingerprint density at radius 3 is 1.05 bits per heavy atom. The summed E-state index contributed by atoms with van der Waals surface area (Å²) in [5.74, 6) is 3.77. The molecule has 4 N–H and O–H groups in total. The zero-order chi connectivity index (χ0) is 79.5. The van der Waals surface area contributed by atoms with E-state index in [4.69, 9.17) is 23.7 Å². The van der Waals surface area contributed by atoms with Crippen LogP contribution >= 0.6 is 0 Å². The number of ether oxygens (including phenoxy) is 5. The van der Waals surface area contributed by atoms with Crippen LogP contribution in [-0.4, -0.2) is 148 Å². The fraction of sp³-hybridized carbons (Fsp3) is 0.408. The maximum atomic E-state index is 13.0. The number of carbonyl (C=O) groups is 2. The number of aryl methyl sites for hydroxylation is 8. The van der Waals surface area contributed by atoms with Gasteiger partial charge in [0.1, 0.15) is 28.6 Å². The molecule has 7 aliphatic rings. The van der Waals surface area contributed by atoms with Crippen molar-refractivity contribution < 1.29 is 53.7 Å². The van der Waals surface area contributed by atoms with Gasteiger partial charge in [-0.1, -0.05) is 95.1 Å². The summed E-state index contributed by atoms with van der Waals surface area (Å²) in [6.07, 6.45) is 6.82. The molecule has 113 heavy (non-hydrogen) atoms. The predicted molar refractivity (Wildman–Crippen MR) is 456 cm³/mol. The summed E-state index contributed by atoms with van der Waals surface area (Å²) in [6, 6.07) is 44.4. The highest BCUT2D eigenvalue weighted by atomic mass is 16.6. The lowest BCUT2D eigenvalue weighted by Gasteiger charge is -2.43. The van der Waals surface area contributed by atoms with Crippen molar-refractivity contribution >= 4 is 98.2 Å². The van der Waals surface area contributed by atoms with E-state index in [-0.39, 0.29) is 55.0 Å². The molecule has 3 saturated heterocycles. The molecule has 2 amide bonds. The molecule has 0 spiro atoms. The SMILES string of the molecule is COc1cc2c3c(c4ccc(C)cc4c2cc1C)CN(C(=O)OC(C)(C)C)[C@H](CO)C3.COc1cc2c3c(c4ccc(C)cc4c2cc1C)CN1C(=O)CCC(O)[C@@H]1C3.COc1cc2c3c(c4ccc(C)cc4c2cc1C)CN1CCC[C@@H](O)[C@@H]1C3.COc1cc2c3c(c4ccc(C)cc4c2cc1C)CN1CCC[C@H](O)[C@@H]1C3. The smallest absolute Gasteiger partial charge is 0.410 e. The molecule has 0 radical (unpaired) electrons. The Hall–Kier alpha value is -9.58. The van der Waals surface area contributed by atoms with Gasteiger partial charge in [0.25, 0.3) is 0 Å². The van der Waals surface area contributed by atoms with E-state index in [0.717, 1.165) is 115 Å². The highest BCUT2D eigenvalue weighted by Gasteiger charge is 2.42. The van der Waals surface area contributed by atoms with Gasteiger partial charge in [0, 0.05) is 38.1 Å². The minimum Gasteiger partial charge on any atom is -0.496 e. The van der Waals surface area contributed by atoms with Crippen molar-refractivity contribution in [1.29, 1.82) is 0 Å². The highest BCUT2D eigenvalue weighted by molar-refractivity contribution is 6.15. The Kier molecular flexibility index (Phi) is 21.0. The zero-order valence-corrected chi connectivity index (χ0v) is 68.5. The molecular formula is C98H110N4O11.